The van der Waals surface area contributed by atoms with Crippen LogP contribution in [0.2, 0.25) is 0 Å². The maximum Gasteiger partial charge on any atom is 0.0771 e. The summed E-state index contributed by atoms with van der Waals surface area (Å²) in [6.45, 7) is 5.47. The lowest BCUT2D eigenvalue weighted by molar-refractivity contribution is -0.0104. The quantitative estimate of drug-likeness (QED) is 0.793. The van der Waals surface area contributed by atoms with Crippen LogP contribution >= 0.6 is 0 Å². The molecule has 2 saturated carbocycles. The molecular formula is C15H29NO. The van der Waals surface area contributed by atoms with Crippen molar-refractivity contribution in [3.05, 3.63) is 0 Å². The van der Waals surface area contributed by atoms with Crippen LogP contribution in [0.25, 0.3) is 0 Å². The molecule has 0 bridgehead atoms. The minimum absolute atomic E-state index is 0.413. The molecule has 0 aromatic carbocycles. The number of rotatable bonds is 3. The molecule has 0 heterocycles. The topological polar surface area (TPSA) is 32.3 Å². The summed E-state index contributed by atoms with van der Waals surface area (Å²) in [6, 6.07) is 0.645. The Morgan fingerprint density at radius 2 is 1.71 bits per heavy atom. The largest absolute Gasteiger partial charge is 0.389 e. The first-order valence-electron chi connectivity index (χ1n) is 7.55. The van der Waals surface area contributed by atoms with E-state index in [0.29, 0.717) is 6.04 Å². The van der Waals surface area contributed by atoms with E-state index in [1.165, 1.54) is 38.5 Å². The van der Waals surface area contributed by atoms with E-state index >= 15 is 0 Å². The monoisotopic (exact) mass is 239 g/mol. The predicted molar refractivity (Wildman–Crippen MR) is 72.0 cm³/mol. The highest BCUT2D eigenvalue weighted by Crippen LogP contribution is 2.32. The highest BCUT2D eigenvalue weighted by molar-refractivity contribution is 4.89. The van der Waals surface area contributed by atoms with E-state index < -0.39 is 5.60 Å². The van der Waals surface area contributed by atoms with Gasteiger partial charge in [0.05, 0.1) is 5.60 Å². The zero-order valence-corrected chi connectivity index (χ0v) is 11.5. The summed E-state index contributed by atoms with van der Waals surface area (Å²) < 4.78 is 0. The van der Waals surface area contributed by atoms with Crippen LogP contribution in [0.3, 0.4) is 0 Å². The maximum atomic E-state index is 10.5. The van der Waals surface area contributed by atoms with E-state index in [4.69, 9.17) is 0 Å². The van der Waals surface area contributed by atoms with Crippen molar-refractivity contribution in [2.45, 2.75) is 76.9 Å². The van der Waals surface area contributed by atoms with E-state index in [2.05, 4.69) is 19.2 Å². The molecule has 0 aromatic heterocycles. The van der Waals surface area contributed by atoms with E-state index in [9.17, 15) is 5.11 Å². The summed E-state index contributed by atoms with van der Waals surface area (Å²) in [6.07, 6.45) is 9.76. The Kier molecular flexibility index (Phi) is 4.48. The van der Waals surface area contributed by atoms with Gasteiger partial charge in [-0.3, -0.25) is 0 Å². The molecule has 2 atom stereocenters. The highest BCUT2D eigenvalue weighted by Gasteiger charge is 2.33. The molecule has 0 aliphatic heterocycles. The van der Waals surface area contributed by atoms with Gasteiger partial charge in [-0.25, -0.2) is 0 Å². The minimum Gasteiger partial charge on any atom is -0.389 e. The lowest BCUT2D eigenvalue weighted by Gasteiger charge is -2.38. The summed E-state index contributed by atoms with van der Waals surface area (Å²) in [5.41, 5.74) is -0.413. The van der Waals surface area contributed by atoms with Gasteiger partial charge in [-0.2, -0.15) is 0 Å². The second-order valence-corrected chi connectivity index (χ2v) is 6.66. The molecule has 2 aliphatic rings. The maximum absolute atomic E-state index is 10.5. The predicted octanol–water partition coefficient (Wildman–Crippen LogP) is 3.10. The summed E-state index contributed by atoms with van der Waals surface area (Å²) in [4.78, 5) is 0. The van der Waals surface area contributed by atoms with Gasteiger partial charge in [-0.05, 0) is 50.4 Å². The van der Waals surface area contributed by atoms with Gasteiger partial charge in [0.15, 0.2) is 0 Å². The molecule has 0 spiro atoms. The Morgan fingerprint density at radius 3 is 2.35 bits per heavy atom. The van der Waals surface area contributed by atoms with Crippen LogP contribution in [0.1, 0.15) is 65.2 Å². The Morgan fingerprint density at radius 1 is 1.06 bits per heavy atom. The average molecular weight is 239 g/mol. The number of aliphatic hydroxyl groups is 1. The van der Waals surface area contributed by atoms with Crippen molar-refractivity contribution in [2.24, 2.45) is 11.8 Å². The second kappa shape index (κ2) is 5.71. The standard InChI is InChI=1S/C15H29NO/c1-12-7-9-15(17,10-8-12)11-16-14-6-4-3-5-13(14)2/h12-14,16-17H,3-11H2,1-2H3. The van der Waals surface area contributed by atoms with Gasteiger partial charge in [-0.15, -0.1) is 0 Å². The van der Waals surface area contributed by atoms with Crippen LogP contribution < -0.4 is 5.32 Å². The summed E-state index contributed by atoms with van der Waals surface area (Å²) in [5, 5.41) is 14.2. The SMILES string of the molecule is CC1CCC(O)(CNC2CCCCC2C)CC1. The summed E-state index contributed by atoms with van der Waals surface area (Å²) in [5.74, 6) is 1.60. The Hall–Kier alpha value is -0.0800. The number of hydrogen-bond donors (Lipinski definition) is 2. The van der Waals surface area contributed by atoms with Crippen LogP contribution in [0.5, 0.6) is 0 Å². The van der Waals surface area contributed by atoms with Crippen molar-refractivity contribution < 1.29 is 5.11 Å². The molecule has 2 nitrogen and oxygen atoms in total. The van der Waals surface area contributed by atoms with E-state index in [-0.39, 0.29) is 0 Å². The molecular weight excluding hydrogens is 210 g/mol. The van der Waals surface area contributed by atoms with Crippen LogP contribution in [-0.2, 0) is 0 Å². The van der Waals surface area contributed by atoms with Gasteiger partial charge < -0.3 is 10.4 Å². The van der Waals surface area contributed by atoms with Crippen LogP contribution in [-0.4, -0.2) is 23.3 Å². The van der Waals surface area contributed by atoms with Crippen molar-refractivity contribution in [3.8, 4) is 0 Å². The fourth-order valence-corrected chi connectivity index (χ4v) is 3.42. The first kappa shape index (κ1) is 13.4. The zero-order chi connectivity index (χ0) is 12.3. The molecule has 0 amide bonds. The molecule has 2 N–H and O–H groups in total. The third kappa shape index (κ3) is 3.69. The fraction of sp³-hybridized carbons (Fsp3) is 1.00. The summed E-state index contributed by atoms with van der Waals surface area (Å²) in [7, 11) is 0. The molecule has 2 aliphatic carbocycles. The summed E-state index contributed by atoms with van der Waals surface area (Å²) >= 11 is 0. The molecule has 0 radical (unpaired) electrons. The van der Waals surface area contributed by atoms with Crippen molar-refractivity contribution in [3.63, 3.8) is 0 Å². The molecule has 2 heteroatoms. The Labute approximate surface area is 106 Å². The van der Waals surface area contributed by atoms with Gasteiger partial charge in [0, 0.05) is 12.6 Å². The van der Waals surface area contributed by atoms with Gasteiger partial charge in [0.25, 0.3) is 0 Å². The van der Waals surface area contributed by atoms with Gasteiger partial charge in [0.2, 0.25) is 0 Å². The number of hydrogen-bond acceptors (Lipinski definition) is 2. The normalized spacial score (nSPS) is 43.6. The van der Waals surface area contributed by atoms with E-state index in [1.807, 2.05) is 0 Å². The lowest BCUT2D eigenvalue weighted by Crippen LogP contribution is -2.48. The lowest BCUT2D eigenvalue weighted by atomic mass is 9.79. The van der Waals surface area contributed by atoms with Crippen molar-refractivity contribution >= 4 is 0 Å². The number of nitrogens with one attached hydrogen (secondary N) is 1. The van der Waals surface area contributed by atoms with E-state index in [1.54, 1.807) is 0 Å². The minimum atomic E-state index is -0.413. The van der Waals surface area contributed by atoms with Crippen LogP contribution in [0.15, 0.2) is 0 Å². The molecule has 17 heavy (non-hydrogen) atoms. The van der Waals surface area contributed by atoms with Crippen molar-refractivity contribution in [1.29, 1.82) is 0 Å². The van der Waals surface area contributed by atoms with Gasteiger partial charge in [0.1, 0.15) is 0 Å². The molecule has 0 saturated heterocycles. The molecule has 2 fully saturated rings. The van der Waals surface area contributed by atoms with Crippen LogP contribution in [0.4, 0.5) is 0 Å². The Bertz CT molecular complexity index is 233. The van der Waals surface area contributed by atoms with E-state index in [0.717, 1.165) is 31.2 Å². The van der Waals surface area contributed by atoms with Crippen molar-refractivity contribution in [1.82, 2.24) is 5.32 Å². The third-order valence-corrected chi connectivity index (χ3v) is 5.01. The molecule has 2 unspecified atom stereocenters. The fourth-order valence-electron chi connectivity index (χ4n) is 3.42. The first-order valence-corrected chi connectivity index (χ1v) is 7.55. The average Bonchev–Trinajstić information content (AvgIpc) is 2.33. The van der Waals surface area contributed by atoms with Crippen LogP contribution in [0, 0.1) is 11.8 Å². The third-order valence-electron chi connectivity index (χ3n) is 5.01. The van der Waals surface area contributed by atoms with Gasteiger partial charge in [-0.1, -0.05) is 26.7 Å². The van der Waals surface area contributed by atoms with Crippen molar-refractivity contribution in [2.75, 3.05) is 6.54 Å². The smallest absolute Gasteiger partial charge is 0.0771 e. The molecule has 0 aromatic rings. The first-order chi connectivity index (χ1) is 8.09. The highest BCUT2D eigenvalue weighted by atomic mass is 16.3. The van der Waals surface area contributed by atoms with Gasteiger partial charge >= 0.3 is 0 Å². The molecule has 2 rings (SSSR count). The second-order valence-electron chi connectivity index (χ2n) is 6.66. The molecule has 100 valence electrons. The zero-order valence-electron chi connectivity index (χ0n) is 11.5. The Balaban J connectivity index is 1.76.